The molecule has 0 bridgehead atoms. The second kappa shape index (κ2) is 8.37. The van der Waals surface area contributed by atoms with Crippen molar-refractivity contribution in [3.8, 4) is 5.75 Å². The number of amides is 1. The number of allylic oxidation sites excluding steroid dienone is 1. The molecule has 1 heterocycles. The molecule has 4 nitrogen and oxygen atoms in total. The summed E-state index contributed by atoms with van der Waals surface area (Å²) in [5.74, 6) is 0.170. The van der Waals surface area contributed by atoms with Crippen LogP contribution in [-0.4, -0.2) is 37.3 Å². The first-order valence-corrected chi connectivity index (χ1v) is 9.47. The van der Waals surface area contributed by atoms with Crippen LogP contribution in [0, 0.1) is 0 Å². The molecule has 138 valence electrons. The summed E-state index contributed by atoms with van der Waals surface area (Å²) in [5.41, 5.74) is 0.485. The van der Waals surface area contributed by atoms with Gasteiger partial charge in [0.25, 0.3) is 5.91 Å². The van der Waals surface area contributed by atoms with E-state index in [1.807, 2.05) is 24.3 Å². The Hall–Kier alpha value is -2.63. The third-order valence-corrected chi connectivity index (χ3v) is 5.58. The lowest BCUT2D eigenvalue weighted by Gasteiger charge is -2.11. The van der Waals surface area contributed by atoms with Crippen molar-refractivity contribution in [1.29, 1.82) is 0 Å². The lowest BCUT2D eigenvalue weighted by molar-refractivity contribution is -0.130. The standard InChI is InChI=1S/C21H18ClNO3S/c1-23(2)20(25)13-26-15-7-5-6-14(12-15)17(24)10-11-19-21(22)16-8-3-4-9-18(16)27-19/h3-12H,13H2,1-2H3/b11-10+. The van der Waals surface area contributed by atoms with Crippen LogP contribution < -0.4 is 4.74 Å². The van der Waals surface area contributed by atoms with Gasteiger partial charge in [-0.25, -0.2) is 0 Å². The number of benzene rings is 2. The monoisotopic (exact) mass is 399 g/mol. The van der Waals surface area contributed by atoms with E-state index in [1.165, 1.54) is 11.0 Å². The van der Waals surface area contributed by atoms with Crippen LogP contribution in [-0.2, 0) is 4.79 Å². The molecule has 27 heavy (non-hydrogen) atoms. The van der Waals surface area contributed by atoms with Crippen LogP contribution in [0.4, 0.5) is 0 Å². The maximum absolute atomic E-state index is 12.5. The molecule has 0 aliphatic rings. The largest absolute Gasteiger partial charge is 0.484 e. The lowest BCUT2D eigenvalue weighted by Crippen LogP contribution is -2.27. The number of carbonyl (C=O) groups is 2. The summed E-state index contributed by atoms with van der Waals surface area (Å²) >= 11 is 7.94. The number of thiophene rings is 1. The van der Waals surface area contributed by atoms with E-state index in [9.17, 15) is 9.59 Å². The lowest BCUT2D eigenvalue weighted by atomic mass is 10.1. The van der Waals surface area contributed by atoms with Crippen LogP contribution in [0.2, 0.25) is 5.02 Å². The summed E-state index contributed by atoms with van der Waals surface area (Å²) < 4.78 is 6.53. The third kappa shape index (κ3) is 4.56. The summed E-state index contributed by atoms with van der Waals surface area (Å²) in [6.45, 7) is -0.0716. The second-order valence-electron chi connectivity index (χ2n) is 6.08. The van der Waals surface area contributed by atoms with Gasteiger partial charge in [-0.2, -0.15) is 0 Å². The van der Waals surface area contributed by atoms with Gasteiger partial charge in [-0.05, 0) is 30.4 Å². The van der Waals surface area contributed by atoms with Crippen LogP contribution in [0.15, 0.2) is 54.6 Å². The van der Waals surface area contributed by atoms with Crippen LogP contribution in [0.1, 0.15) is 15.2 Å². The van der Waals surface area contributed by atoms with Gasteiger partial charge >= 0.3 is 0 Å². The zero-order chi connectivity index (χ0) is 19.4. The second-order valence-corrected chi connectivity index (χ2v) is 7.54. The zero-order valence-electron chi connectivity index (χ0n) is 14.9. The number of rotatable bonds is 6. The molecular formula is C21H18ClNO3S. The van der Waals surface area contributed by atoms with E-state index < -0.39 is 0 Å². The zero-order valence-corrected chi connectivity index (χ0v) is 16.5. The molecule has 2 aromatic carbocycles. The maximum Gasteiger partial charge on any atom is 0.259 e. The molecule has 0 saturated carbocycles. The molecule has 6 heteroatoms. The van der Waals surface area contributed by atoms with E-state index in [2.05, 4.69) is 0 Å². The fourth-order valence-electron chi connectivity index (χ4n) is 2.40. The van der Waals surface area contributed by atoms with Crippen molar-refractivity contribution in [3.63, 3.8) is 0 Å². The van der Waals surface area contributed by atoms with Crippen LogP contribution in [0.3, 0.4) is 0 Å². The Labute approximate surface area is 166 Å². The number of ether oxygens (including phenoxy) is 1. The van der Waals surface area contributed by atoms with Gasteiger partial charge in [-0.1, -0.05) is 41.9 Å². The highest BCUT2D eigenvalue weighted by Crippen LogP contribution is 2.36. The topological polar surface area (TPSA) is 46.6 Å². The molecule has 3 rings (SSSR count). The number of nitrogens with zero attached hydrogens (tertiary/aromatic N) is 1. The Bertz CT molecular complexity index is 1020. The van der Waals surface area contributed by atoms with Gasteiger partial charge in [-0.15, -0.1) is 11.3 Å². The molecule has 3 aromatic rings. The average molecular weight is 400 g/mol. The Morgan fingerprint density at radius 1 is 1.15 bits per heavy atom. The van der Waals surface area contributed by atoms with Gasteiger partial charge < -0.3 is 9.64 Å². The molecule has 0 unspecified atom stereocenters. The minimum atomic E-state index is -0.159. The van der Waals surface area contributed by atoms with E-state index in [0.717, 1.165) is 15.0 Å². The van der Waals surface area contributed by atoms with Crippen LogP contribution >= 0.6 is 22.9 Å². The van der Waals surface area contributed by atoms with E-state index in [-0.39, 0.29) is 18.3 Å². The number of fused-ring (bicyclic) bond motifs is 1. The van der Waals surface area contributed by atoms with Crippen LogP contribution in [0.5, 0.6) is 5.75 Å². The molecule has 1 amide bonds. The van der Waals surface area contributed by atoms with Gasteiger partial charge in [0.1, 0.15) is 5.75 Å². The third-order valence-electron chi connectivity index (χ3n) is 3.93. The minimum Gasteiger partial charge on any atom is -0.484 e. The number of hydrogen-bond donors (Lipinski definition) is 0. The highest BCUT2D eigenvalue weighted by Gasteiger charge is 2.10. The fraction of sp³-hybridized carbons (Fsp3) is 0.143. The summed E-state index contributed by atoms with van der Waals surface area (Å²) in [5, 5.41) is 1.64. The normalized spacial score (nSPS) is 11.1. The Kier molecular flexibility index (Phi) is 5.94. The SMILES string of the molecule is CN(C)C(=O)COc1cccc(C(=O)/C=C/c2sc3ccccc3c2Cl)c1. The molecule has 0 aliphatic heterocycles. The van der Waals surface area contributed by atoms with Crippen molar-refractivity contribution in [2.24, 2.45) is 0 Å². The first-order chi connectivity index (χ1) is 13.0. The molecule has 0 saturated heterocycles. The minimum absolute atomic E-state index is 0.0716. The molecule has 0 atom stereocenters. The van der Waals surface area contributed by atoms with Gasteiger partial charge in [-0.3, -0.25) is 9.59 Å². The van der Waals surface area contributed by atoms with Gasteiger partial charge in [0.15, 0.2) is 12.4 Å². The highest BCUT2D eigenvalue weighted by atomic mass is 35.5. The van der Waals surface area contributed by atoms with Crippen molar-refractivity contribution >= 4 is 50.8 Å². The van der Waals surface area contributed by atoms with Crippen molar-refractivity contribution in [2.45, 2.75) is 0 Å². The first-order valence-electron chi connectivity index (χ1n) is 8.28. The highest BCUT2D eigenvalue weighted by molar-refractivity contribution is 7.20. The molecule has 1 aromatic heterocycles. The van der Waals surface area contributed by atoms with Crippen molar-refractivity contribution < 1.29 is 14.3 Å². The van der Waals surface area contributed by atoms with Crippen molar-refractivity contribution in [1.82, 2.24) is 4.90 Å². The Balaban J connectivity index is 1.73. The summed E-state index contributed by atoms with van der Waals surface area (Å²) in [4.78, 5) is 26.4. The van der Waals surface area contributed by atoms with E-state index in [1.54, 1.807) is 55.8 Å². The molecule has 0 aliphatic carbocycles. The molecule has 0 fully saturated rings. The number of likely N-dealkylation sites (N-methyl/N-ethyl adjacent to an activating group) is 1. The van der Waals surface area contributed by atoms with Gasteiger partial charge in [0.05, 0.1) is 5.02 Å². The number of ketones is 1. The Morgan fingerprint density at radius 3 is 2.67 bits per heavy atom. The van der Waals surface area contributed by atoms with E-state index in [4.69, 9.17) is 16.3 Å². The summed E-state index contributed by atoms with van der Waals surface area (Å²) in [7, 11) is 3.32. The predicted molar refractivity (Wildman–Crippen MR) is 111 cm³/mol. The number of hydrogen-bond acceptors (Lipinski definition) is 4. The van der Waals surface area contributed by atoms with Crippen molar-refractivity contribution in [2.75, 3.05) is 20.7 Å². The predicted octanol–water partition coefficient (Wildman–Crippen LogP) is 4.92. The van der Waals surface area contributed by atoms with E-state index in [0.29, 0.717) is 16.3 Å². The molecular weight excluding hydrogens is 382 g/mol. The number of carbonyl (C=O) groups excluding carboxylic acids is 2. The van der Waals surface area contributed by atoms with Gasteiger partial charge in [0.2, 0.25) is 0 Å². The fourth-order valence-corrected chi connectivity index (χ4v) is 3.80. The van der Waals surface area contributed by atoms with E-state index >= 15 is 0 Å². The van der Waals surface area contributed by atoms with Gasteiger partial charge in [0, 0.05) is 34.6 Å². The number of halogens is 1. The maximum atomic E-state index is 12.5. The molecule has 0 N–H and O–H groups in total. The molecule has 0 radical (unpaired) electrons. The summed E-state index contributed by atoms with van der Waals surface area (Å²) in [6.07, 6.45) is 3.24. The molecule has 0 spiro atoms. The van der Waals surface area contributed by atoms with Crippen LogP contribution in [0.25, 0.3) is 16.2 Å². The quantitative estimate of drug-likeness (QED) is 0.436. The van der Waals surface area contributed by atoms with Crippen molar-refractivity contribution in [3.05, 3.63) is 70.1 Å². The average Bonchev–Trinajstić information content (AvgIpc) is 3.00. The summed E-state index contributed by atoms with van der Waals surface area (Å²) in [6, 6.07) is 14.6. The smallest absolute Gasteiger partial charge is 0.259 e. The first kappa shape index (κ1) is 19.1. The Morgan fingerprint density at radius 2 is 1.93 bits per heavy atom.